The molecule has 1 unspecified atom stereocenters. The molecule has 1 heterocycles. The van der Waals surface area contributed by atoms with Crippen LogP contribution in [0.15, 0.2) is 24.3 Å². The van der Waals surface area contributed by atoms with Gasteiger partial charge in [0.2, 0.25) is 11.4 Å². The van der Waals surface area contributed by atoms with Crippen molar-refractivity contribution in [3.8, 4) is 0 Å². The predicted molar refractivity (Wildman–Crippen MR) is 112 cm³/mol. The highest BCUT2D eigenvalue weighted by Crippen LogP contribution is 2.36. The van der Waals surface area contributed by atoms with Crippen molar-refractivity contribution in [1.29, 1.82) is 0 Å². The molecule has 0 fully saturated rings. The van der Waals surface area contributed by atoms with Crippen molar-refractivity contribution in [2.24, 2.45) is 5.73 Å². The van der Waals surface area contributed by atoms with Crippen molar-refractivity contribution in [3.05, 3.63) is 56.8 Å². The van der Waals surface area contributed by atoms with E-state index in [0.29, 0.717) is 10.9 Å². The third-order valence-electron chi connectivity index (χ3n) is 5.34. The molecule has 2 aromatic rings. The van der Waals surface area contributed by atoms with Crippen LogP contribution in [0.4, 0.5) is 8.78 Å². The van der Waals surface area contributed by atoms with Gasteiger partial charge in [-0.05, 0) is 61.9 Å². The normalized spacial score (nSPS) is 16.0. The van der Waals surface area contributed by atoms with Crippen LogP contribution in [0.25, 0.3) is 0 Å². The molecule has 1 amide bonds. The summed E-state index contributed by atoms with van der Waals surface area (Å²) < 4.78 is 31.5. The Bertz CT molecular complexity index is 979. The second-order valence-electron chi connectivity index (χ2n) is 7.67. The minimum absolute atomic E-state index is 0.118. The lowest BCUT2D eigenvalue weighted by molar-refractivity contribution is -0.152. The number of methoxy groups -OCH3 is 1. The van der Waals surface area contributed by atoms with Gasteiger partial charge in [0.25, 0.3) is 0 Å². The highest BCUT2D eigenvalue weighted by atomic mass is 32.1. The van der Waals surface area contributed by atoms with E-state index in [1.165, 1.54) is 18.3 Å². The van der Waals surface area contributed by atoms with E-state index in [1.807, 2.05) is 0 Å². The summed E-state index contributed by atoms with van der Waals surface area (Å²) in [6.45, 7) is 1.41. The molecule has 0 saturated carbocycles. The van der Waals surface area contributed by atoms with Crippen molar-refractivity contribution in [2.75, 3.05) is 7.11 Å². The second-order valence-corrected chi connectivity index (χ2v) is 8.81. The molecule has 1 aliphatic carbocycles. The quantitative estimate of drug-likeness (QED) is 0.499. The van der Waals surface area contributed by atoms with E-state index in [2.05, 4.69) is 5.32 Å². The number of nitrogens with one attached hydrogen (secondary N) is 1. The molecule has 3 rings (SSSR count). The number of hydrogen-bond donors (Lipinski definition) is 2. The third-order valence-corrected chi connectivity index (χ3v) is 6.71. The van der Waals surface area contributed by atoms with Crippen LogP contribution in [-0.4, -0.2) is 30.8 Å². The van der Waals surface area contributed by atoms with Gasteiger partial charge in [-0.25, -0.2) is 13.6 Å². The monoisotopic (exact) mass is 450 g/mol. The number of fused-ring (bicyclic) bond motifs is 1. The van der Waals surface area contributed by atoms with Crippen molar-refractivity contribution >= 4 is 29.0 Å². The summed E-state index contributed by atoms with van der Waals surface area (Å²) >= 11 is 1.31. The van der Waals surface area contributed by atoms with Crippen LogP contribution in [-0.2, 0) is 43.9 Å². The molecule has 166 valence electrons. The predicted octanol–water partition coefficient (Wildman–Crippen LogP) is 2.55. The maximum absolute atomic E-state index is 13.3. The number of esters is 1. The molecule has 9 heteroatoms. The first-order chi connectivity index (χ1) is 14.6. The number of nitrogens with two attached hydrogens (primary N) is 1. The molecular weight excluding hydrogens is 426 g/mol. The fourth-order valence-electron chi connectivity index (χ4n) is 3.77. The van der Waals surface area contributed by atoms with E-state index in [9.17, 15) is 23.2 Å². The number of ketones is 1. The van der Waals surface area contributed by atoms with Crippen molar-refractivity contribution in [1.82, 2.24) is 5.32 Å². The Morgan fingerprint density at radius 3 is 2.42 bits per heavy atom. The smallest absolute Gasteiger partial charge is 0.339 e. The Balaban J connectivity index is 1.80. The number of Topliss-reactive ketones (excluding diaryl/α,β-unsaturated/α-hetero) is 1. The third kappa shape index (κ3) is 4.83. The molecule has 2 atom stereocenters. The van der Waals surface area contributed by atoms with Gasteiger partial charge < -0.3 is 15.8 Å². The van der Waals surface area contributed by atoms with Crippen LogP contribution in [0.3, 0.4) is 0 Å². The first-order valence-corrected chi connectivity index (χ1v) is 10.7. The molecule has 0 saturated heterocycles. The molecule has 6 nitrogen and oxygen atoms in total. The zero-order valence-electron chi connectivity index (χ0n) is 17.3. The van der Waals surface area contributed by atoms with Crippen molar-refractivity contribution in [3.63, 3.8) is 0 Å². The molecule has 0 radical (unpaired) electrons. The van der Waals surface area contributed by atoms with E-state index in [-0.39, 0.29) is 12.0 Å². The second kappa shape index (κ2) is 9.23. The molecule has 1 aromatic heterocycles. The number of carbonyl (C=O) groups excluding carboxylic acids is 3. The van der Waals surface area contributed by atoms with Crippen molar-refractivity contribution < 1.29 is 27.9 Å². The summed E-state index contributed by atoms with van der Waals surface area (Å²) in [5.74, 6) is -3.88. The van der Waals surface area contributed by atoms with Gasteiger partial charge in [-0.2, -0.15) is 0 Å². The number of thiophene rings is 1. The van der Waals surface area contributed by atoms with Gasteiger partial charge >= 0.3 is 5.97 Å². The standard InChI is InChI=1S/C22H24F2N2O4S/c1-12(26-19(27)9-13-7-15(23)11-16(24)8-13)20(28)22(25,21(29)30-2)18-10-14-5-3-4-6-17(14)31-18/h7-8,10-12H,3-6,9,25H2,1-2H3,(H,26,27)/t12-,22?/m0/s1. The summed E-state index contributed by atoms with van der Waals surface area (Å²) in [5.41, 5.74) is 5.46. The van der Waals surface area contributed by atoms with Crippen LogP contribution in [0.2, 0.25) is 0 Å². The molecule has 0 aliphatic heterocycles. The Hall–Kier alpha value is -2.65. The summed E-state index contributed by atoms with van der Waals surface area (Å²) in [4.78, 5) is 39.6. The number of ether oxygens (including phenoxy) is 1. The van der Waals surface area contributed by atoms with Gasteiger partial charge in [0.05, 0.1) is 19.6 Å². The van der Waals surface area contributed by atoms with E-state index >= 15 is 0 Å². The number of amides is 1. The molecule has 1 aliphatic rings. The number of benzene rings is 1. The van der Waals surface area contributed by atoms with E-state index in [4.69, 9.17) is 10.5 Å². The Kier molecular flexibility index (Phi) is 6.86. The maximum Gasteiger partial charge on any atom is 0.339 e. The lowest BCUT2D eigenvalue weighted by atomic mass is 9.87. The first-order valence-electron chi connectivity index (χ1n) is 9.93. The minimum Gasteiger partial charge on any atom is -0.467 e. The van der Waals surface area contributed by atoms with Gasteiger partial charge in [0.1, 0.15) is 11.6 Å². The summed E-state index contributed by atoms with van der Waals surface area (Å²) in [6, 6.07) is 3.42. The summed E-state index contributed by atoms with van der Waals surface area (Å²) in [7, 11) is 1.15. The molecule has 1 aromatic carbocycles. The average Bonchev–Trinajstić information content (AvgIpc) is 3.15. The average molecular weight is 451 g/mol. The van der Waals surface area contributed by atoms with Gasteiger partial charge in [0, 0.05) is 15.8 Å². The van der Waals surface area contributed by atoms with E-state index in [1.54, 1.807) is 6.07 Å². The summed E-state index contributed by atoms with van der Waals surface area (Å²) in [6.07, 6.45) is 3.44. The zero-order valence-corrected chi connectivity index (χ0v) is 18.1. The van der Waals surface area contributed by atoms with Crippen molar-refractivity contribution in [2.45, 2.75) is 50.6 Å². The van der Waals surface area contributed by atoms with Gasteiger partial charge in [0.15, 0.2) is 5.78 Å². The molecule has 0 bridgehead atoms. The van der Waals surface area contributed by atoms with Gasteiger partial charge in [-0.1, -0.05) is 0 Å². The number of halogens is 2. The van der Waals surface area contributed by atoms with Gasteiger partial charge in [-0.3, -0.25) is 9.59 Å². The van der Waals surface area contributed by atoms with Crippen LogP contribution in [0.1, 0.15) is 40.6 Å². The minimum atomic E-state index is -2.06. The maximum atomic E-state index is 13.3. The van der Waals surface area contributed by atoms with Crippen LogP contribution in [0, 0.1) is 11.6 Å². The van der Waals surface area contributed by atoms with E-state index in [0.717, 1.165) is 55.4 Å². The van der Waals surface area contributed by atoms with Crippen LogP contribution in [0.5, 0.6) is 0 Å². The van der Waals surface area contributed by atoms with Gasteiger partial charge in [-0.15, -0.1) is 11.3 Å². The number of rotatable bonds is 7. The molecular formula is C22H24F2N2O4S. The number of aryl methyl sites for hydroxylation is 2. The Morgan fingerprint density at radius 2 is 1.81 bits per heavy atom. The fraction of sp³-hybridized carbons (Fsp3) is 0.409. The first kappa shape index (κ1) is 23.0. The highest BCUT2D eigenvalue weighted by molar-refractivity contribution is 7.12. The van der Waals surface area contributed by atoms with Crippen LogP contribution < -0.4 is 11.1 Å². The lowest BCUT2D eigenvalue weighted by Crippen LogP contribution is -2.58. The highest BCUT2D eigenvalue weighted by Gasteiger charge is 2.48. The number of hydrogen-bond acceptors (Lipinski definition) is 6. The Morgan fingerprint density at radius 1 is 1.16 bits per heavy atom. The SMILES string of the molecule is COC(=O)C(N)(C(=O)[C@H](C)NC(=O)Cc1cc(F)cc(F)c1)c1cc2c(s1)CCCC2. The molecule has 31 heavy (non-hydrogen) atoms. The Labute approximate surface area is 182 Å². The fourth-order valence-corrected chi connectivity index (χ4v) is 5.12. The van der Waals surface area contributed by atoms with Crippen LogP contribution >= 0.6 is 11.3 Å². The topological polar surface area (TPSA) is 98.5 Å². The van der Waals surface area contributed by atoms with E-state index < -0.39 is 40.9 Å². The molecule has 0 spiro atoms. The lowest BCUT2D eigenvalue weighted by Gasteiger charge is -2.27. The summed E-state index contributed by atoms with van der Waals surface area (Å²) in [5, 5.41) is 2.47. The molecule has 3 N–H and O–H groups in total. The zero-order chi connectivity index (χ0) is 22.8. The largest absolute Gasteiger partial charge is 0.467 e. The number of carbonyl (C=O) groups is 3.